The van der Waals surface area contributed by atoms with Gasteiger partial charge >= 0.3 is 0 Å². The van der Waals surface area contributed by atoms with Gasteiger partial charge in [0.05, 0.1) is 18.0 Å². The lowest BCUT2D eigenvalue weighted by Gasteiger charge is -2.34. The van der Waals surface area contributed by atoms with Crippen LogP contribution in [0.4, 0.5) is 11.4 Å². The van der Waals surface area contributed by atoms with Gasteiger partial charge < -0.3 is 20.1 Å². The van der Waals surface area contributed by atoms with Gasteiger partial charge in [0.15, 0.2) is 0 Å². The van der Waals surface area contributed by atoms with Gasteiger partial charge in [-0.05, 0) is 55.5 Å². The number of nitrogens with one attached hydrogen (secondary N) is 1. The van der Waals surface area contributed by atoms with Crippen molar-refractivity contribution in [2.75, 3.05) is 36.5 Å². The summed E-state index contributed by atoms with van der Waals surface area (Å²) in [6.45, 7) is 5.80. The van der Waals surface area contributed by atoms with Gasteiger partial charge in [-0.1, -0.05) is 24.3 Å². The molecule has 0 bridgehead atoms. The molecule has 0 saturated carbocycles. The Bertz CT molecular complexity index is 649. The number of para-hydroxylation sites is 2. The molecule has 2 aromatic carbocycles. The van der Waals surface area contributed by atoms with E-state index >= 15 is 0 Å². The number of aliphatic hydroxyl groups excluding tert-OH is 1. The van der Waals surface area contributed by atoms with Crippen molar-refractivity contribution in [3.8, 4) is 5.75 Å². The smallest absolute Gasteiger partial charge is 0.119 e. The van der Waals surface area contributed by atoms with Gasteiger partial charge in [-0.25, -0.2) is 0 Å². The van der Waals surface area contributed by atoms with Crippen LogP contribution >= 0.6 is 0 Å². The molecule has 0 amide bonds. The topological polar surface area (TPSA) is 44.7 Å². The number of hydrogen-bond donors (Lipinski definition) is 2. The predicted octanol–water partition coefficient (Wildman–Crippen LogP) is 3.91. The molecule has 2 N–H and O–H groups in total. The van der Waals surface area contributed by atoms with Crippen molar-refractivity contribution in [2.45, 2.75) is 26.3 Å². The molecular formula is C21H28N2O2. The number of ether oxygens (including phenoxy) is 1. The van der Waals surface area contributed by atoms with Crippen LogP contribution in [-0.2, 0) is 6.54 Å². The van der Waals surface area contributed by atoms with E-state index in [2.05, 4.69) is 46.6 Å². The van der Waals surface area contributed by atoms with Crippen LogP contribution in [-0.4, -0.2) is 31.4 Å². The maximum atomic E-state index is 9.33. The minimum Gasteiger partial charge on any atom is -0.494 e. The average Bonchev–Trinajstić information content (AvgIpc) is 2.68. The van der Waals surface area contributed by atoms with Crippen molar-refractivity contribution < 1.29 is 9.84 Å². The van der Waals surface area contributed by atoms with E-state index < -0.39 is 0 Å². The maximum Gasteiger partial charge on any atom is 0.119 e. The summed E-state index contributed by atoms with van der Waals surface area (Å²) in [5, 5.41) is 12.9. The second-order valence-electron chi connectivity index (χ2n) is 6.56. The Balaban J connectivity index is 1.63. The fourth-order valence-corrected chi connectivity index (χ4v) is 3.32. The minimum atomic E-state index is 0.311. The lowest BCUT2D eigenvalue weighted by atomic mass is 9.97. The van der Waals surface area contributed by atoms with Gasteiger partial charge in [-0.2, -0.15) is 0 Å². The van der Waals surface area contributed by atoms with Crippen molar-refractivity contribution in [3.63, 3.8) is 0 Å². The van der Waals surface area contributed by atoms with Gasteiger partial charge in [0.2, 0.25) is 0 Å². The monoisotopic (exact) mass is 340 g/mol. The van der Waals surface area contributed by atoms with E-state index in [1.165, 1.54) is 16.9 Å². The molecule has 134 valence electrons. The molecule has 3 rings (SSSR count). The fraction of sp³-hybridized carbons (Fsp3) is 0.429. The lowest BCUT2D eigenvalue weighted by Crippen LogP contribution is -2.35. The Morgan fingerprint density at radius 3 is 2.48 bits per heavy atom. The number of hydrogen-bond acceptors (Lipinski definition) is 4. The summed E-state index contributed by atoms with van der Waals surface area (Å²) in [6.07, 6.45) is 2.12. The van der Waals surface area contributed by atoms with Crippen LogP contribution in [0.5, 0.6) is 5.75 Å². The molecule has 0 aliphatic carbocycles. The first kappa shape index (κ1) is 17.6. The first-order chi connectivity index (χ1) is 12.3. The number of benzene rings is 2. The molecule has 4 heteroatoms. The summed E-state index contributed by atoms with van der Waals surface area (Å²) in [5.74, 6) is 1.37. The molecule has 0 atom stereocenters. The Morgan fingerprint density at radius 2 is 1.80 bits per heavy atom. The zero-order valence-electron chi connectivity index (χ0n) is 14.9. The van der Waals surface area contributed by atoms with Crippen LogP contribution in [0.1, 0.15) is 25.3 Å². The number of nitrogens with zero attached hydrogens (tertiary/aromatic N) is 1. The van der Waals surface area contributed by atoms with E-state index in [9.17, 15) is 5.11 Å². The normalized spacial score (nSPS) is 15.2. The third-order valence-corrected chi connectivity index (χ3v) is 4.83. The van der Waals surface area contributed by atoms with Crippen molar-refractivity contribution in [3.05, 3.63) is 54.1 Å². The van der Waals surface area contributed by atoms with Gasteiger partial charge in [0.25, 0.3) is 0 Å². The largest absolute Gasteiger partial charge is 0.494 e. The van der Waals surface area contributed by atoms with Crippen LogP contribution in [0.25, 0.3) is 0 Å². The number of rotatable bonds is 7. The van der Waals surface area contributed by atoms with E-state index in [0.29, 0.717) is 19.1 Å². The molecule has 0 spiro atoms. The van der Waals surface area contributed by atoms with E-state index in [1.54, 1.807) is 0 Å². The average molecular weight is 340 g/mol. The maximum absolute atomic E-state index is 9.33. The third kappa shape index (κ3) is 4.67. The zero-order chi connectivity index (χ0) is 17.5. The number of aliphatic hydroxyl groups is 1. The Hall–Kier alpha value is -2.20. The zero-order valence-corrected chi connectivity index (χ0v) is 14.9. The third-order valence-electron chi connectivity index (χ3n) is 4.83. The summed E-state index contributed by atoms with van der Waals surface area (Å²) >= 11 is 0. The molecule has 1 fully saturated rings. The van der Waals surface area contributed by atoms with E-state index in [1.807, 2.05) is 19.1 Å². The summed E-state index contributed by atoms with van der Waals surface area (Å²) in [6, 6.07) is 16.7. The molecular weight excluding hydrogens is 312 g/mol. The van der Waals surface area contributed by atoms with Crippen molar-refractivity contribution in [1.82, 2.24) is 0 Å². The van der Waals surface area contributed by atoms with Gasteiger partial charge in [-0.15, -0.1) is 0 Å². The SMILES string of the molecule is CCOc1ccc(CNc2ccccc2N2CCC(CO)CC2)cc1. The summed E-state index contributed by atoms with van der Waals surface area (Å²) < 4.78 is 5.50. The molecule has 1 aliphatic rings. The summed E-state index contributed by atoms with van der Waals surface area (Å²) in [4.78, 5) is 2.42. The van der Waals surface area contributed by atoms with E-state index in [-0.39, 0.29) is 0 Å². The van der Waals surface area contributed by atoms with Crippen molar-refractivity contribution >= 4 is 11.4 Å². The highest BCUT2D eigenvalue weighted by atomic mass is 16.5. The Morgan fingerprint density at radius 1 is 1.08 bits per heavy atom. The molecule has 1 aliphatic heterocycles. The van der Waals surface area contributed by atoms with E-state index in [4.69, 9.17) is 4.74 Å². The highest BCUT2D eigenvalue weighted by Gasteiger charge is 2.20. The van der Waals surface area contributed by atoms with Gasteiger partial charge in [-0.3, -0.25) is 0 Å². The molecule has 25 heavy (non-hydrogen) atoms. The van der Waals surface area contributed by atoms with Crippen molar-refractivity contribution in [2.24, 2.45) is 5.92 Å². The first-order valence-corrected chi connectivity index (χ1v) is 9.20. The second kappa shape index (κ2) is 8.77. The fourth-order valence-electron chi connectivity index (χ4n) is 3.32. The molecule has 4 nitrogen and oxygen atoms in total. The summed E-state index contributed by atoms with van der Waals surface area (Å²) in [7, 11) is 0. The quantitative estimate of drug-likeness (QED) is 0.802. The number of piperidine rings is 1. The molecule has 0 aromatic heterocycles. The van der Waals surface area contributed by atoms with Crippen LogP contribution in [0, 0.1) is 5.92 Å². The molecule has 0 radical (unpaired) electrons. The van der Waals surface area contributed by atoms with Crippen LogP contribution < -0.4 is 15.0 Å². The Labute approximate surface area is 150 Å². The highest BCUT2D eigenvalue weighted by Crippen LogP contribution is 2.30. The van der Waals surface area contributed by atoms with E-state index in [0.717, 1.165) is 38.2 Å². The minimum absolute atomic E-state index is 0.311. The standard InChI is InChI=1S/C21H28N2O2/c1-2-25-19-9-7-17(8-10-19)15-22-20-5-3-4-6-21(20)23-13-11-18(16-24)12-14-23/h3-10,18,22,24H,2,11-16H2,1H3. The summed E-state index contributed by atoms with van der Waals surface area (Å²) in [5.41, 5.74) is 3.65. The van der Waals surface area contributed by atoms with Gasteiger partial charge in [0, 0.05) is 26.2 Å². The van der Waals surface area contributed by atoms with Crippen LogP contribution in [0.15, 0.2) is 48.5 Å². The number of anilines is 2. The molecule has 0 unspecified atom stereocenters. The second-order valence-corrected chi connectivity index (χ2v) is 6.56. The molecule has 1 heterocycles. The highest BCUT2D eigenvalue weighted by molar-refractivity contribution is 5.70. The van der Waals surface area contributed by atoms with Crippen LogP contribution in [0.2, 0.25) is 0 Å². The molecule has 2 aromatic rings. The predicted molar refractivity (Wildman–Crippen MR) is 103 cm³/mol. The lowest BCUT2D eigenvalue weighted by molar-refractivity contribution is 0.203. The molecule has 1 saturated heterocycles. The first-order valence-electron chi connectivity index (χ1n) is 9.20. The Kier molecular flexibility index (Phi) is 6.18. The van der Waals surface area contributed by atoms with Gasteiger partial charge in [0.1, 0.15) is 5.75 Å². The van der Waals surface area contributed by atoms with Crippen LogP contribution in [0.3, 0.4) is 0 Å². The van der Waals surface area contributed by atoms with Crippen molar-refractivity contribution in [1.29, 1.82) is 0 Å².